The van der Waals surface area contributed by atoms with Gasteiger partial charge in [0.05, 0.1) is 12.0 Å². The Morgan fingerprint density at radius 2 is 1.43 bits per heavy atom. The van der Waals surface area contributed by atoms with Gasteiger partial charge in [0.25, 0.3) is 11.8 Å². The molecule has 7 nitrogen and oxygen atoms in total. The molecular formula is C29H27N3O4S. The highest BCUT2D eigenvalue weighted by Crippen LogP contribution is 2.28. The van der Waals surface area contributed by atoms with Crippen LogP contribution in [0.25, 0.3) is 21.6 Å². The predicted octanol–water partition coefficient (Wildman–Crippen LogP) is 5.66. The number of hydrogen-bond donors (Lipinski definition) is 2. The molecule has 0 aliphatic carbocycles. The summed E-state index contributed by atoms with van der Waals surface area (Å²) in [6, 6.07) is 24.0. The van der Waals surface area contributed by atoms with Crippen LogP contribution in [0.5, 0.6) is 0 Å². The fraction of sp³-hybridized carbons (Fsp3) is 0.172. The summed E-state index contributed by atoms with van der Waals surface area (Å²) in [6.07, 6.45) is 1.62. The molecule has 1 heterocycles. The zero-order valence-electron chi connectivity index (χ0n) is 20.7. The lowest BCUT2D eigenvalue weighted by Crippen LogP contribution is -2.44. The molecule has 0 radical (unpaired) electrons. The number of hydrogen-bond acceptors (Lipinski definition) is 6. The first-order chi connectivity index (χ1) is 17.9. The van der Waals surface area contributed by atoms with Gasteiger partial charge in [-0.1, -0.05) is 68.4 Å². The van der Waals surface area contributed by atoms with E-state index < -0.39 is 17.9 Å². The summed E-state index contributed by atoms with van der Waals surface area (Å²) in [5, 5.41) is 5.85. The smallest absolute Gasteiger partial charge is 0.328 e. The maximum Gasteiger partial charge on any atom is 0.328 e. The van der Waals surface area contributed by atoms with Gasteiger partial charge >= 0.3 is 5.97 Å². The van der Waals surface area contributed by atoms with Crippen molar-refractivity contribution in [3.05, 3.63) is 95.6 Å². The van der Waals surface area contributed by atoms with Crippen molar-refractivity contribution in [1.29, 1.82) is 0 Å². The van der Waals surface area contributed by atoms with E-state index >= 15 is 0 Å². The Bertz CT molecular complexity index is 1380. The van der Waals surface area contributed by atoms with E-state index in [4.69, 9.17) is 4.74 Å². The second-order valence-corrected chi connectivity index (χ2v) is 9.75. The van der Waals surface area contributed by atoms with Crippen LogP contribution in [0.4, 0.5) is 5.69 Å². The van der Waals surface area contributed by atoms with Gasteiger partial charge in [-0.2, -0.15) is 0 Å². The third kappa shape index (κ3) is 6.29. The van der Waals surface area contributed by atoms with Gasteiger partial charge in [-0.05, 0) is 46.9 Å². The zero-order valence-corrected chi connectivity index (χ0v) is 21.5. The molecule has 2 amide bonds. The highest BCUT2D eigenvalue weighted by molar-refractivity contribution is 7.17. The summed E-state index contributed by atoms with van der Waals surface area (Å²) in [4.78, 5) is 42.3. The molecule has 1 aromatic heterocycles. The second kappa shape index (κ2) is 11.6. The number of carbonyl (C=O) groups excluding carboxylic acids is 3. The third-order valence-electron chi connectivity index (χ3n) is 5.79. The number of methoxy groups -OCH3 is 1. The van der Waals surface area contributed by atoms with E-state index in [1.807, 2.05) is 68.4 Å². The van der Waals surface area contributed by atoms with Gasteiger partial charge in [0.1, 0.15) is 6.04 Å². The molecule has 4 rings (SSSR count). The molecule has 0 fully saturated rings. The lowest BCUT2D eigenvalue weighted by Gasteiger charge is -2.18. The Hall–Kier alpha value is -4.30. The van der Waals surface area contributed by atoms with Crippen molar-refractivity contribution < 1.29 is 19.1 Å². The van der Waals surface area contributed by atoms with E-state index in [-0.39, 0.29) is 16.8 Å². The first kappa shape index (κ1) is 25.8. The molecule has 188 valence electrons. The number of benzene rings is 3. The zero-order chi connectivity index (χ0) is 26.4. The van der Waals surface area contributed by atoms with E-state index in [1.54, 1.807) is 30.5 Å². The maximum absolute atomic E-state index is 12.7. The minimum absolute atomic E-state index is 0.125. The lowest BCUT2D eigenvalue weighted by molar-refractivity contribution is -0.144. The molecule has 0 spiro atoms. The van der Waals surface area contributed by atoms with Crippen molar-refractivity contribution in [2.24, 2.45) is 5.92 Å². The second-order valence-electron chi connectivity index (χ2n) is 8.72. The predicted molar refractivity (Wildman–Crippen MR) is 145 cm³/mol. The standard InChI is InChI=1S/C29H27N3O4S/c1-18(2)25(29(35)36-3)32-27(34)28-30-17-24(37-28)21-13-15-23(16-14-21)31-26(33)22-11-9-20(10-12-22)19-7-5-4-6-8-19/h4-18,25H,1-3H3,(H,31,33)(H,32,34). The van der Waals surface area contributed by atoms with Crippen molar-refractivity contribution in [1.82, 2.24) is 10.3 Å². The van der Waals surface area contributed by atoms with Crippen LogP contribution in [-0.2, 0) is 9.53 Å². The molecule has 37 heavy (non-hydrogen) atoms. The van der Waals surface area contributed by atoms with Crippen LogP contribution in [0.3, 0.4) is 0 Å². The number of rotatable bonds is 8. The van der Waals surface area contributed by atoms with E-state index in [1.165, 1.54) is 18.4 Å². The van der Waals surface area contributed by atoms with Gasteiger partial charge in [0.2, 0.25) is 0 Å². The monoisotopic (exact) mass is 513 g/mol. The van der Waals surface area contributed by atoms with Crippen LogP contribution in [-0.4, -0.2) is 35.9 Å². The Labute approximate surface area is 219 Å². The number of anilines is 1. The molecule has 0 aliphatic heterocycles. The van der Waals surface area contributed by atoms with Gasteiger partial charge in [-0.15, -0.1) is 11.3 Å². The van der Waals surface area contributed by atoms with Gasteiger partial charge in [0.15, 0.2) is 5.01 Å². The molecule has 1 unspecified atom stereocenters. The minimum Gasteiger partial charge on any atom is -0.467 e. The molecule has 0 aliphatic rings. The Morgan fingerprint density at radius 1 is 0.811 bits per heavy atom. The van der Waals surface area contributed by atoms with Crippen LogP contribution in [0, 0.1) is 5.92 Å². The van der Waals surface area contributed by atoms with Gasteiger partial charge < -0.3 is 15.4 Å². The minimum atomic E-state index is -0.748. The number of aromatic nitrogens is 1. The fourth-order valence-electron chi connectivity index (χ4n) is 3.71. The van der Waals surface area contributed by atoms with Crippen molar-refractivity contribution >= 4 is 34.8 Å². The molecule has 8 heteroatoms. The number of thiazole rings is 1. The summed E-state index contributed by atoms with van der Waals surface area (Å²) >= 11 is 1.22. The molecule has 4 aromatic rings. The normalized spacial score (nSPS) is 11.6. The number of carbonyl (C=O) groups is 3. The molecule has 0 saturated carbocycles. The first-order valence-corrected chi connectivity index (χ1v) is 12.6. The Kier molecular flexibility index (Phi) is 8.10. The largest absolute Gasteiger partial charge is 0.467 e. The van der Waals surface area contributed by atoms with Crippen LogP contribution in [0.15, 0.2) is 85.1 Å². The van der Waals surface area contributed by atoms with Crippen LogP contribution in [0.1, 0.15) is 34.0 Å². The number of nitrogens with zero attached hydrogens (tertiary/aromatic N) is 1. The summed E-state index contributed by atoms with van der Waals surface area (Å²) < 4.78 is 4.77. The van der Waals surface area contributed by atoms with Crippen LogP contribution >= 0.6 is 11.3 Å². The van der Waals surface area contributed by atoms with Crippen molar-refractivity contribution in [3.63, 3.8) is 0 Å². The third-order valence-corrected chi connectivity index (χ3v) is 6.83. The Morgan fingerprint density at radius 3 is 2.05 bits per heavy atom. The topological polar surface area (TPSA) is 97.4 Å². The van der Waals surface area contributed by atoms with Crippen LogP contribution in [0.2, 0.25) is 0 Å². The molecule has 1 atom stereocenters. The van der Waals surface area contributed by atoms with E-state index in [0.29, 0.717) is 11.3 Å². The molecular weight excluding hydrogens is 486 g/mol. The van der Waals surface area contributed by atoms with Crippen molar-refractivity contribution in [2.75, 3.05) is 12.4 Å². The Balaban J connectivity index is 1.39. The summed E-state index contributed by atoms with van der Waals surface area (Å²) in [6.45, 7) is 3.66. The number of nitrogens with one attached hydrogen (secondary N) is 2. The molecule has 0 bridgehead atoms. The van der Waals surface area contributed by atoms with Crippen molar-refractivity contribution in [3.8, 4) is 21.6 Å². The quantitative estimate of drug-likeness (QED) is 0.297. The van der Waals surface area contributed by atoms with E-state index in [2.05, 4.69) is 15.6 Å². The maximum atomic E-state index is 12.7. The van der Waals surface area contributed by atoms with Crippen molar-refractivity contribution in [2.45, 2.75) is 19.9 Å². The van der Waals surface area contributed by atoms with Gasteiger partial charge in [0, 0.05) is 17.4 Å². The number of esters is 1. The van der Waals surface area contributed by atoms with E-state index in [0.717, 1.165) is 21.6 Å². The van der Waals surface area contributed by atoms with Gasteiger partial charge in [-0.25, -0.2) is 9.78 Å². The summed E-state index contributed by atoms with van der Waals surface area (Å²) in [5.41, 5.74) is 4.21. The van der Waals surface area contributed by atoms with E-state index in [9.17, 15) is 14.4 Å². The fourth-order valence-corrected chi connectivity index (χ4v) is 4.53. The highest BCUT2D eigenvalue weighted by Gasteiger charge is 2.26. The van der Waals surface area contributed by atoms with Crippen LogP contribution < -0.4 is 10.6 Å². The number of amides is 2. The summed E-state index contributed by atoms with van der Waals surface area (Å²) in [5.74, 6) is -1.25. The molecule has 3 aromatic carbocycles. The first-order valence-electron chi connectivity index (χ1n) is 11.8. The number of ether oxygens (including phenoxy) is 1. The SMILES string of the molecule is COC(=O)C(NC(=O)c1ncc(-c2ccc(NC(=O)c3ccc(-c4ccccc4)cc3)cc2)s1)C(C)C. The lowest BCUT2D eigenvalue weighted by atomic mass is 10.0. The average Bonchev–Trinajstić information content (AvgIpc) is 3.42. The average molecular weight is 514 g/mol. The highest BCUT2D eigenvalue weighted by atomic mass is 32.1. The molecule has 0 saturated heterocycles. The molecule has 2 N–H and O–H groups in total. The van der Waals surface area contributed by atoms with Gasteiger partial charge in [-0.3, -0.25) is 9.59 Å². The summed E-state index contributed by atoms with van der Waals surface area (Å²) in [7, 11) is 1.29.